The van der Waals surface area contributed by atoms with E-state index in [-0.39, 0.29) is 0 Å². The zero-order chi connectivity index (χ0) is 30.9. The van der Waals surface area contributed by atoms with E-state index >= 15 is 0 Å². The van der Waals surface area contributed by atoms with Crippen LogP contribution >= 0.6 is 0 Å². The van der Waals surface area contributed by atoms with Crippen LogP contribution in [0, 0.1) is 0 Å². The van der Waals surface area contributed by atoms with Crippen molar-refractivity contribution < 1.29 is 4.42 Å². The maximum absolute atomic E-state index is 6.25. The zero-order valence-corrected chi connectivity index (χ0v) is 25.1. The molecule has 7 aromatic carbocycles. The second-order valence-corrected chi connectivity index (χ2v) is 11.3. The maximum atomic E-state index is 6.25. The largest absolute Gasteiger partial charge is 0.456 e. The van der Waals surface area contributed by atoms with Crippen molar-refractivity contribution in [2.75, 3.05) is 0 Å². The van der Waals surface area contributed by atoms with Crippen LogP contribution in [0.1, 0.15) is 16.7 Å². The van der Waals surface area contributed by atoms with Gasteiger partial charge in [0.1, 0.15) is 11.2 Å². The van der Waals surface area contributed by atoms with E-state index in [1.165, 1.54) is 10.8 Å². The van der Waals surface area contributed by atoms with E-state index in [9.17, 15) is 0 Å². The SMILES string of the molecule is C=N/C(=N\C(=N/Cc1cc(-c2cccc3oc4ccccc4c23)c2ccccc2c1)c1ccc2ccccc2c1)c1ccccc1. The highest BCUT2D eigenvalue weighted by Crippen LogP contribution is 2.39. The highest BCUT2D eigenvalue weighted by molar-refractivity contribution is 6.16. The van der Waals surface area contributed by atoms with Gasteiger partial charge in [-0.25, -0.2) is 9.98 Å². The molecule has 0 unspecified atom stereocenters. The molecule has 0 saturated heterocycles. The molecule has 8 aromatic rings. The van der Waals surface area contributed by atoms with E-state index in [0.717, 1.165) is 60.5 Å². The number of aliphatic imine (C=N–C) groups is 3. The number of para-hydroxylation sites is 1. The first-order valence-corrected chi connectivity index (χ1v) is 15.3. The molecule has 1 heterocycles. The predicted molar refractivity (Wildman–Crippen MR) is 193 cm³/mol. The molecule has 0 saturated carbocycles. The number of benzene rings is 7. The molecule has 0 radical (unpaired) electrons. The van der Waals surface area contributed by atoms with Crippen molar-refractivity contribution in [3.05, 3.63) is 168 Å². The van der Waals surface area contributed by atoms with Gasteiger partial charge in [-0.05, 0) is 75.3 Å². The van der Waals surface area contributed by atoms with Gasteiger partial charge in [0.2, 0.25) is 0 Å². The first kappa shape index (κ1) is 27.4. The van der Waals surface area contributed by atoms with Crippen molar-refractivity contribution in [2.45, 2.75) is 6.54 Å². The second kappa shape index (κ2) is 11.8. The lowest BCUT2D eigenvalue weighted by Crippen LogP contribution is -2.05. The molecular weight excluding hydrogens is 562 g/mol. The van der Waals surface area contributed by atoms with Gasteiger partial charge < -0.3 is 4.42 Å². The van der Waals surface area contributed by atoms with Crippen LogP contribution in [-0.2, 0) is 6.54 Å². The van der Waals surface area contributed by atoms with Gasteiger partial charge in [-0.1, -0.05) is 121 Å². The third-order valence-electron chi connectivity index (χ3n) is 8.43. The molecule has 4 heteroatoms. The lowest BCUT2D eigenvalue weighted by atomic mass is 9.93. The normalized spacial score (nSPS) is 12.3. The topological polar surface area (TPSA) is 50.2 Å². The Morgan fingerprint density at radius 2 is 1.24 bits per heavy atom. The Morgan fingerprint density at radius 3 is 2.09 bits per heavy atom. The lowest BCUT2D eigenvalue weighted by Gasteiger charge is -2.12. The summed E-state index contributed by atoms with van der Waals surface area (Å²) >= 11 is 0. The summed E-state index contributed by atoms with van der Waals surface area (Å²) < 4.78 is 6.25. The first-order valence-electron chi connectivity index (χ1n) is 15.3. The number of rotatable bonds is 5. The lowest BCUT2D eigenvalue weighted by molar-refractivity contribution is 0.669. The quantitative estimate of drug-likeness (QED) is 0.145. The Labute approximate surface area is 266 Å². The fourth-order valence-electron chi connectivity index (χ4n) is 6.25. The van der Waals surface area contributed by atoms with Gasteiger partial charge in [-0.15, -0.1) is 0 Å². The molecule has 0 aliphatic heterocycles. The average Bonchev–Trinajstić information content (AvgIpc) is 3.51. The number of furan rings is 1. The van der Waals surface area contributed by atoms with E-state index in [0.29, 0.717) is 18.2 Å². The van der Waals surface area contributed by atoms with Crippen LogP contribution in [0.2, 0.25) is 0 Å². The third-order valence-corrected chi connectivity index (χ3v) is 8.43. The summed E-state index contributed by atoms with van der Waals surface area (Å²) in [5, 5.41) is 6.87. The van der Waals surface area contributed by atoms with Gasteiger partial charge in [0.25, 0.3) is 0 Å². The summed E-state index contributed by atoms with van der Waals surface area (Å²) in [6.45, 7) is 4.27. The minimum Gasteiger partial charge on any atom is -0.456 e. The molecule has 0 bridgehead atoms. The zero-order valence-electron chi connectivity index (χ0n) is 25.1. The Morgan fingerprint density at radius 1 is 0.522 bits per heavy atom. The molecule has 0 fully saturated rings. The van der Waals surface area contributed by atoms with Crippen LogP contribution in [0.4, 0.5) is 0 Å². The van der Waals surface area contributed by atoms with Crippen molar-refractivity contribution in [2.24, 2.45) is 15.0 Å². The number of hydrogen-bond donors (Lipinski definition) is 0. The van der Waals surface area contributed by atoms with Crippen LogP contribution in [-0.4, -0.2) is 18.4 Å². The van der Waals surface area contributed by atoms with Gasteiger partial charge in [0, 0.05) is 21.9 Å². The molecular formula is C42H29N3O. The van der Waals surface area contributed by atoms with E-state index in [1.54, 1.807) is 0 Å². The van der Waals surface area contributed by atoms with E-state index in [1.807, 2.05) is 54.6 Å². The Balaban J connectivity index is 1.29. The van der Waals surface area contributed by atoms with E-state index in [4.69, 9.17) is 14.4 Å². The fraction of sp³-hybridized carbons (Fsp3) is 0.0238. The van der Waals surface area contributed by atoms with Gasteiger partial charge in [-0.2, -0.15) is 0 Å². The number of hydrogen-bond acceptors (Lipinski definition) is 2. The molecule has 1 aromatic heterocycles. The van der Waals surface area contributed by atoms with Crippen molar-refractivity contribution in [3.8, 4) is 11.1 Å². The smallest absolute Gasteiger partial charge is 0.161 e. The van der Waals surface area contributed by atoms with Crippen LogP contribution in [0.15, 0.2) is 171 Å². The molecule has 0 aliphatic rings. The molecule has 8 rings (SSSR count). The number of fused-ring (bicyclic) bond motifs is 5. The first-order chi connectivity index (χ1) is 22.7. The van der Waals surface area contributed by atoms with Crippen molar-refractivity contribution in [3.63, 3.8) is 0 Å². The molecule has 0 atom stereocenters. The molecule has 218 valence electrons. The van der Waals surface area contributed by atoms with Crippen molar-refractivity contribution in [1.82, 2.24) is 0 Å². The minimum absolute atomic E-state index is 0.435. The third kappa shape index (κ3) is 5.06. The Bertz CT molecular complexity index is 2470. The average molecular weight is 592 g/mol. The standard InChI is InChI=1S/C42H29N3O/c1-43-41(30-13-3-2-4-14-30)45-42(33-23-22-29-12-5-6-15-31(29)26-33)44-27-28-24-32-16-7-8-17-34(32)37(25-28)35-19-11-21-39-40(35)36-18-9-10-20-38(36)46-39/h2-26H,1,27H2/b44-42-,45-41-. The second-order valence-electron chi connectivity index (χ2n) is 11.3. The summed E-state index contributed by atoms with van der Waals surface area (Å²) in [7, 11) is 0. The number of nitrogens with zero attached hydrogens (tertiary/aromatic N) is 3. The molecule has 0 N–H and O–H groups in total. The van der Waals surface area contributed by atoms with Gasteiger partial charge in [-0.3, -0.25) is 4.99 Å². The number of amidine groups is 2. The maximum Gasteiger partial charge on any atom is 0.161 e. The van der Waals surface area contributed by atoms with Crippen LogP contribution in [0.25, 0.3) is 54.6 Å². The van der Waals surface area contributed by atoms with Gasteiger partial charge in [0.05, 0.1) is 6.54 Å². The summed E-state index contributed by atoms with van der Waals surface area (Å²) in [4.78, 5) is 14.4. The molecule has 0 spiro atoms. The molecule has 46 heavy (non-hydrogen) atoms. The summed E-state index contributed by atoms with van der Waals surface area (Å²) in [6.07, 6.45) is 0. The summed E-state index contributed by atoms with van der Waals surface area (Å²) in [5.74, 6) is 1.14. The van der Waals surface area contributed by atoms with Crippen molar-refractivity contribution in [1.29, 1.82) is 0 Å². The predicted octanol–water partition coefficient (Wildman–Crippen LogP) is 10.7. The van der Waals surface area contributed by atoms with Crippen molar-refractivity contribution >= 4 is 61.9 Å². The molecule has 0 aliphatic carbocycles. The monoisotopic (exact) mass is 591 g/mol. The van der Waals surface area contributed by atoms with Crippen LogP contribution in [0.3, 0.4) is 0 Å². The van der Waals surface area contributed by atoms with Gasteiger partial charge >= 0.3 is 0 Å². The van der Waals surface area contributed by atoms with Crippen LogP contribution < -0.4 is 0 Å². The van der Waals surface area contributed by atoms with E-state index in [2.05, 4.69) is 109 Å². The summed E-state index contributed by atoms with van der Waals surface area (Å²) in [6, 6.07) is 52.1. The Hall–Kier alpha value is -6.13. The summed E-state index contributed by atoms with van der Waals surface area (Å²) in [5.41, 5.74) is 6.95. The molecule has 4 nitrogen and oxygen atoms in total. The highest BCUT2D eigenvalue weighted by Gasteiger charge is 2.15. The molecule has 0 amide bonds. The fourth-order valence-corrected chi connectivity index (χ4v) is 6.25. The highest BCUT2D eigenvalue weighted by atomic mass is 16.3. The van der Waals surface area contributed by atoms with Crippen LogP contribution in [0.5, 0.6) is 0 Å². The van der Waals surface area contributed by atoms with Gasteiger partial charge in [0.15, 0.2) is 11.7 Å². The van der Waals surface area contributed by atoms with E-state index < -0.39 is 0 Å². The Kier molecular flexibility index (Phi) is 7.01. The minimum atomic E-state index is 0.435.